The molecule has 0 saturated heterocycles. The van der Waals surface area contributed by atoms with Crippen LogP contribution in [0.4, 0.5) is 5.82 Å². The van der Waals surface area contributed by atoms with Gasteiger partial charge in [0.05, 0.1) is 5.92 Å². The van der Waals surface area contributed by atoms with Crippen molar-refractivity contribution in [2.45, 2.75) is 25.7 Å². The summed E-state index contributed by atoms with van der Waals surface area (Å²) in [6, 6.07) is 12.4. The van der Waals surface area contributed by atoms with Crippen LogP contribution >= 0.6 is 0 Å². The van der Waals surface area contributed by atoms with Crippen molar-refractivity contribution in [1.82, 2.24) is 4.98 Å². The average Bonchev–Trinajstić information content (AvgIpc) is 2.62. The lowest BCUT2D eigenvalue weighted by Gasteiger charge is -2.30. The summed E-state index contributed by atoms with van der Waals surface area (Å²) >= 11 is 0. The molecule has 1 aromatic heterocycles. The number of carbonyl (C=O) groups is 2. The Morgan fingerprint density at radius 3 is 2.71 bits per heavy atom. The van der Waals surface area contributed by atoms with Crippen LogP contribution in [0, 0.1) is 0 Å². The number of hydrogen-bond acceptors (Lipinski definition) is 4. The number of aliphatic imine (C=N–C) groups is 1. The molecule has 1 aromatic carbocycles. The number of imide groups is 1. The van der Waals surface area contributed by atoms with Crippen LogP contribution in [0.2, 0.25) is 0 Å². The first-order valence-corrected chi connectivity index (χ1v) is 8.12. The van der Waals surface area contributed by atoms with Crippen molar-refractivity contribution in [3.8, 4) is 0 Å². The van der Waals surface area contributed by atoms with E-state index >= 15 is 0 Å². The molecule has 0 fully saturated rings. The van der Waals surface area contributed by atoms with Gasteiger partial charge in [-0.15, -0.1) is 0 Å². The van der Waals surface area contributed by atoms with Gasteiger partial charge in [0.15, 0.2) is 0 Å². The van der Waals surface area contributed by atoms with E-state index in [1.54, 1.807) is 42.7 Å². The average molecular weight is 321 g/mol. The predicted molar refractivity (Wildman–Crippen MR) is 93.5 cm³/mol. The molecule has 5 heteroatoms. The number of pyridine rings is 1. The molecule has 0 bridgehead atoms. The fourth-order valence-corrected chi connectivity index (χ4v) is 2.73. The van der Waals surface area contributed by atoms with Gasteiger partial charge in [0.2, 0.25) is 5.91 Å². The topological polar surface area (TPSA) is 62.6 Å². The lowest BCUT2D eigenvalue weighted by atomic mass is 9.89. The molecule has 5 nitrogen and oxygen atoms in total. The van der Waals surface area contributed by atoms with Crippen molar-refractivity contribution in [3.05, 3.63) is 59.8 Å². The summed E-state index contributed by atoms with van der Waals surface area (Å²) in [4.78, 5) is 35.4. The smallest absolute Gasteiger partial charge is 0.266 e. The fraction of sp³-hybridized carbons (Fsp3) is 0.263. The number of benzene rings is 1. The van der Waals surface area contributed by atoms with E-state index < -0.39 is 5.92 Å². The Bertz CT molecular complexity index is 771. The molecule has 0 spiro atoms. The lowest BCUT2D eigenvalue weighted by Crippen LogP contribution is -2.45. The van der Waals surface area contributed by atoms with Crippen molar-refractivity contribution < 1.29 is 9.59 Å². The normalized spacial score (nSPS) is 17.4. The van der Waals surface area contributed by atoms with Crippen LogP contribution in [-0.4, -0.2) is 29.6 Å². The van der Waals surface area contributed by atoms with Crippen molar-refractivity contribution in [2.75, 3.05) is 11.4 Å². The molecule has 2 heterocycles. The Morgan fingerprint density at radius 1 is 1.17 bits per heavy atom. The number of nitrogens with zero attached hydrogens (tertiary/aromatic N) is 3. The molecule has 3 rings (SSSR count). The zero-order chi connectivity index (χ0) is 16.9. The Morgan fingerprint density at radius 2 is 1.96 bits per heavy atom. The van der Waals surface area contributed by atoms with Crippen LogP contribution in [-0.2, 0) is 4.79 Å². The van der Waals surface area contributed by atoms with Crippen LogP contribution < -0.4 is 4.90 Å². The maximum Gasteiger partial charge on any atom is 0.266 e. The molecule has 0 aliphatic carbocycles. The number of hydrogen-bond donors (Lipinski definition) is 0. The zero-order valence-corrected chi connectivity index (χ0v) is 13.6. The molecule has 24 heavy (non-hydrogen) atoms. The van der Waals surface area contributed by atoms with Gasteiger partial charge in [0, 0.05) is 24.5 Å². The van der Waals surface area contributed by atoms with E-state index in [2.05, 4.69) is 16.9 Å². The van der Waals surface area contributed by atoms with Crippen molar-refractivity contribution in [3.63, 3.8) is 0 Å². The van der Waals surface area contributed by atoms with Gasteiger partial charge >= 0.3 is 0 Å². The van der Waals surface area contributed by atoms with E-state index in [1.807, 2.05) is 12.1 Å². The number of carbonyl (C=O) groups excluding carboxylic acids is 2. The van der Waals surface area contributed by atoms with Gasteiger partial charge in [0.25, 0.3) is 5.91 Å². The predicted octanol–water partition coefficient (Wildman–Crippen LogP) is 3.22. The zero-order valence-electron chi connectivity index (χ0n) is 13.6. The van der Waals surface area contributed by atoms with Gasteiger partial charge in [-0.2, -0.15) is 0 Å². The third-order valence-electron chi connectivity index (χ3n) is 3.99. The monoisotopic (exact) mass is 321 g/mol. The number of aromatic nitrogens is 1. The maximum atomic E-state index is 12.9. The van der Waals surface area contributed by atoms with Gasteiger partial charge in [0.1, 0.15) is 5.82 Å². The summed E-state index contributed by atoms with van der Waals surface area (Å²) in [7, 11) is 0. The molecule has 122 valence electrons. The van der Waals surface area contributed by atoms with E-state index in [4.69, 9.17) is 0 Å². The minimum Gasteiger partial charge on any atom is -0.296 e. The number of unbranched alkanes of at least 4 members (excludes halogenated alkanes) is 1. The fourth-order valence-electron chi connectivity index (χ4n) is 2.73. The second-order valence-electron chi connectivity index (χ2n) is 5.64. The molecule has 1 aliphatic heterocycles. The number of fused-ring (bicyclic) bond motifs is 1. The molecular weight excluding hydrogens is 302 g/mol. The Hall–Kier alpha value is -2.82. The number of rotatable bonds is 5. The first-order valence-electron chi connectivity index (χ1n) is 8.12. The summed E-state index contributed by atoms with van der Waals surface area (Å²) < 4.78 is 0. The van der Waals surface area contributed by atoms with Gasteiger partial charge in [-0.05, 0) is 30.2 Å². The van der Waals surface area contributed by atoms with Crippen LogP contribution in [0.3, 0.4) is 0 Å². The SMILES string of the molecule is CCCCN=CC1C(=O)N(c2ccccn2)C(=O)c2ccccc21. The number of amides is 2. The summed E-state index contributed by atoms with van der Waals surface area (Å²) in [5.41, 5.74) is 1.23. The lowest BCUT2D eigenvalue weighted by molar-refractivity contribution is -0.118. The Balaban J connectivity index is 2.02. The third kappa shape index (κ3) is 2.97. The minimum absolute atomic E-state index is 0.308. The first kappa shape index (κ1) is 16.1. The van der Waals surface area contributed by atoms with Crippen molar-refractivity contribution in [1.29, 1.82) is 0 Å². The third-order valence-corrected chi connectivity index (χ3v) is 3.99. The highest BCUT2D eigenvalue weighted by molar-refractivity contribution is 6.28. The van der Waals surface area contributed by atoms with Crippen LogP contribution in [0.15, 0.2) is 53.7 Å². The number of anilines is 1. The van der Waals surface area contributed by atoms with Crippen LogP contribution in [0.5, 0.6) is 0 Å². The Labute approximate surface area is 141 Å². The highest BCUT2D eigenvalue weighted by atomic mass is 16.2. The molecule has 2 aromatic rings. The highest BCUT2D eigenvalue weighted by Gasteiger charge is 2.39. The van der Waals surface area contributed by atoms with Gasteiger partial charge < -0.3 is 0 Å². The summed E-state index contributed by atoms with van der Waals surface area (Å²) in [6.45, 7) is 2.78. The summed E-state index contributed by atoms with van der Waals surface area (Å²) in [6.07, 6.45) is 5.26. The van der Waals surface area contributed by atoms with Crippen molar-refractivity contribution >= 4 is 23.8 Å². The Kier molecular flexibility index (Phi) is 4.79. The molecule has 1 aliphatic rings. The largest absolute Gasteiger partial charge is 0.296 e. The quantitative estimate of drug-likeness (QED) is 0.482. The van der Waals surface area contributed by atoms with E-state index in [1.165, 1.54) is 0 Å². The summed E-state index contributed by atoms with van der Waals surface area (Å²) in [5.74, 6) is -0.864. The molecule has 2 amide bonds. The maximum absolute atomic E-state index is 12.9. The standard InChI is InChI=1S/C19H19N3O2/c1-2-3-11-20-13-16-14-8-4-5-9-15(14)18(23)22(19(16)24)17-10-6-7-12-21-17/h4-10,12-13,16H,2-3,11H2,1H3. The minimum atomic E-state index is -0.558. The molecule has 0 N–H and O–H groups in total. The summed E-state index contributed by atoms with van der Waals surface area (Å²) in [5, 5.41) is 0. The van der Waals surface area contributed by atoms with Crippen LogP contribution in [0.25, 0.3) is 0 Å². The van der Waals surface area contributed by atoms with E-state index in [0.717, 1.165) is 17.7 Å². The van der Waals surface area contributed by atoms with Gasteiger partial charge in [-0.3, -0.25) is 14.6 Å². The molecule has 0 radical (unpaired) electrons. The van der Waals surface area contributed by atoms with Crippen LogP contribution in [0.1, 0.15) is 41.6 Å². The second-order valence-corrected chi connectivity index (χ2v) is 5.64. The molecule has 0 saturated carbocycles. The highest BCUT2D eigenvalue weighted by Crippen LogP contribution is 2.30. The van der Waals surface area contributed by atoms with Gasteiger partial charge in [-0.25, -0.2) is 9.88 Å². The first-order chi connectivity index (χ1) is 11.7. The molecule has 1 unspecified atom stereocenters. The van der Waals surface area contributed by atoms with E-state index in [9.17, 15) is 9.59 Å². The van der Waals surface area contributed by atoms with E-state index in [-0.39, 0.29) is 11.8 Å². The van der Waals surface area contributed by atoms with Crippen molar-refractivity contribution in [2.24, 2.45) is 4.99 Å². The second kappa shape index (κ2) is 7.17. The van der Waals surface area contributed by atoms with E-state index in [0.29, 0.717) is 23.5 Å². The molecular formula is C19H19N3O2. The van der Waals surface area contributed by atoms with Gasteiger partial charge in [-0.1, -0.05) is 37.6 Å². The molecule has 1 atom stereocenters.